The maximum absolute atomic E-state index is 13.6. The van der Waals surface area contributed by atoms with Crippen molar-refractivity contribution in [2.45, 2.75) is 6.92 Å². The van der Waals surface area contributed by atoms with Crippen LogP contribution in [0.25, 0.3) is 16.7 Å². The van der Waals surface area contributed by atoms with Crippen molar-refractivity contribution < 1.29 is 14.3 Å². The molecule has 0 amide bonds. The molecule has 2 aromatic carbocycles. The molecule has 0 unspecified atom stereocenters. The average Bonchev–Trinajstić information content (AvgIpc) is 2.84. The zero-order chi connectivity index (χ0) is 14.3. The fourth-order valence-electron chi connectivity index (χ4n) is 1.96. The number of benzene rings is 2. The van der Waals surface area contributed by atoms with Crippen LogP contribution in [0.4, 0.5) is 4.39 Å². The van der Waals surface area contributed by atoms with Crippen LogP contribution in [-0.2, 0) is 0 Å². The Morgan fingerprint density at radius 3 is 2.75 bits per heavy atom. The molecule has 0 atom stereocenters. The predicted molar refractivity (Wildman–Crippen MR) is 70.5 cm³/mol. The van der Waals surface area contributed by atoms with Gasteiger partial charge in [0.05, 0.1) is 16.8 Å². The number of carbonyl (C=O) groups is 1. The number of halogens is 1. The number of carboxylic acids is 1. The Bertz CT molecular complexity index is 826. The molecule has 6 heteroatoms. The van der Waals surface area contributed by atoms with Gasteiger partial charge in [-0.05, 0) is 42.8 Å². The van der Waals surface area contributed by atoms with Crippen LogP contribution in [0, 0.1) is 12.7 Å². The lowest BCUT2D eigenvalue weighted by Gasteiger charge is -2.04. The standard InChI is InChI=1S/C14H10FN3O2/c1-8-2-4-10(7-11(8)15)18-13-5-3-9(14(19)20)6-12(13)16-17-18/h2-7H,1H3,(H,19,20). The quantitative estimate of drug-likeness (QED) is 0.777. The van der Waals surface area contributed by atoms with Gasteiger partial charge in [-0.1, -0.05) is 11.3 Å². The van der Waals surface area contributed by atoms with E-state index in [1.807, 2.05) is 0 Å². The van der Waals surface area contributed by atoms with Gasteiger partial charge in [-0.2, -0.15) is 0 Å². The van der Waals surface area contributed by atoms with Crippen LogP contribution < -0.4 is 0 Å². The molecule has 0 aliphatic heterocycles. The highest BCUT2D eigenvalue weighted by Crippen LogP contribution is 2.19. The largest absolute Gasteiger partial charge is 0.478 e. The molecular formula is C14H10FN3O2. The maximum atomic E-state index is 13.6. The Morgan fingerprint density at radius 1 is 1.25 bits per heavy atom. The highest BCUT2D eigenvalue weighted by atomic mass is 19.1. The SMILES string of the molecule is Cc1ccc(-n2nnc3cc(C(=O)O)ccc32)cc1F. The van der Waals surface area contributed by atoms with E-state index in [1.54, 1.807) is 25.1 Å². The van der Waals surface area contributed by atoms with Gasteiger partial charge >= 0.3 is 5.97 Å². The number of rotatable bonds is 2. The number of carboxylic acid groups (broad SMARTS) is 1. The summed E-state index contributed by atoms with van der Waals surface area (Å²) in [5.41, 5.74) is 2.30. The predicted octanol–water partition coefficient (Wildman–Crippen LogP) is 2.57. The maximum Gasteiger partial charge on any atom is 0.335 e. The zero-order valence-electron chi connectivity index (χ0n) is 10.5. The fraction of sp³-hybridized carbons (Fsp3) is 0.0714. The summed E-state index contributed by atoms with van der Waals surface area (Å²) in [4.78, 5) is 10.9. The van der Waals surface area contributed by atoms with Gasteiger partial charge in [-0.15, -0.1) is 5.10 Å². The third-order valence-corrected chi connectivity index (χ3v) is 3.09. The minimum Gasteiger partial charge on any atom is -0.478 e. The molecule has 0 fully saturated rings. The summed E-state index contributed by atoms with van der Waals surface area (Å²) in [7, 11) is 0. The van der Waals surface area contributed by atoms with Gasteiger partial charge in [0.15, 0.2) is 0 Å². The Labute approximate surface area is 113 Å². The normalized spacial score (nSPS) is 10.9. The number of hydrogen-bond acceptors (Lipinski definition) is 3. The van der Waals surface area contributed by atoms with Gasteiger partial charge in [0.1, 0.15) is 11.3 Å². The van der Waals surface area contributed by atoms with Crippen LogP contribution in [0.2, 0.25) is 0 Å². The summed E-state index contributed by atoms with van der Waals surface area (Å²) in [6.07, 6.45) is 0. The van der Waals surface area contributed by atoms with Crippen molar-refractivity contribution >= 4 is 17.0 Å². The number of aryl methyl sites for hydroxylation is 1. The molecule has 20 heavy (non-hydrogen) atoms. The van der Waals surface area contributed by atoms with E-state index in [-0.39, 0.29) is 11.4 Å². The van der Waals surface area contributed by atoms with Crippen molar-refractivity contribution in [3.05, 3.63) is 53.3 Å². The van der Waals surface area contributed by atoms with E-state index in [0.717, 1.165) is 0 Å². The van der Waals surface area contributed by atoms with Crippen molar-refractivity contribution in [3.63, 3.8) is 0 Å². The van der Waals surface area contributed by atoms with Crippen molar-refractivity contribution in [1.29, 1.82) is 0 Å². The molecule has 0 aliphatic carbocycles. The number of nitrogens with zero attached hydrogens (tertiary/aromatic N) is 3. The lowest BCUT2D eigenvalue weighted by molar-refractivity contribution is 0.0697. The second-order valence-electron chi connectivity index (χ2n) is 4.44. The van der Waals surface area contributed by atoms with Crippen LogP contribution in [0.5, 0.6) is 0 Å². The van der Waals surface area contributed by atoms with Gasteiger partial charge in [0.2, 0.25) is 0 Å². The molecule has 0 aliphatic rings. The summed E-state index contributed by atoms with van der Waals surface area (Å²) in [6, 6.07) is 9.27. The van der Waals surface area contributed by atoms with Crippen molar-refractivity contribution in [2.24, 2.45) is 0 Å². The van der Waals surface area contributed by atoms with Crippen LogP contribution >= 0.6 is 0 Å². The lowest BCUT2D eigenvalue weighted by atomic mass is 10.2. The third kappa shape index (κ3) is 1.91. The van der Waals surface area contributed by atoms with E-state index in [0.29, 0.717) is 22.3 Å². The van der Waals surface area contributed by atoms with E-state index in [2.05, 4.69) is 10.3 Å². The van der Waals surface area contributed by atoms with Gasteiger partial charge in [0.25, 0.3) is 0 Å². The molecule has 100 valence electrons. The molecule has 0 spiro atoms. The van der Waals surface area contributed by atoms with E-state index in [4.69, 9.17) is 5.11 Å². The number of aromatic carboxylic acids is 1. The first kappa shape index (κ1) is 12.3. The van der Waals surface area contributed by atoms with Crippen LogP contribution in [0.3, 0.4) is 0 Å². The van der Waals surface area contributed by atoms with Crippen molar-refractivity contribution in [2.75, 3.05) is 0 Å². The summed E-state index contributed by atoms with van der Waals surface area (Å²) in [6.45, 7) is 1.68. The summed E-state index contributed by atoms with van der Waals surface area (Å²) < 4.78 is 15.1. The Kier molecular flexibility index (Phi) is 2.71. The first-order valence-electron chi connectivity index (χ1n) is 5.91. The second-order valence-corrected chi connectivity index (χ2v) is 4.44. The van der Waals surface area contributed by atoms with Crippen LogP contribution in [0.15, 0.2) is 36.4 Å². The molecule has 0 saturated carbocycles. The molecule has 1 N–H and O–H groups in total. The molecule has 0 saturated heterocycles. The summed E-state index contributed by atoms with van der Waals surface area (Å²) >= 11 is 0. The van der Waals surface area contributed by atoms with Crippen molar-refractivity contribution in [1.82, 2.24) is 15.0 Å². The van der Waals surface area contributed by atoms with Crippen LogP contribution in [0.1, 0.15) is 15.9 Å². The average molecular weight is 271 g/mol. The highest BCUT2D eigenvalue weighted by molar-refractivity contribution is 5.92. The van der Waals surface area contributed by atoms with E-state index >= 15 is 0 Å². The van der Waals surface area contributed by atoms with Crippen LogP contribution in [-0.4, -0.2) is 26.1 Å². The third-order valence-electron chi connectivity index (χ3n) is 3.09. The Morgan fingerprint density at radius 2 is 2.05 bits per heavy atom. The first-order valence-corrected chi connectivity index (χ1v) is 5.91. The zero-order valence-corrected chi connectivity index (χ0v) is 10.5. The minimum absolute atomic E-state index is 0.139. The Hall–Kier alpha value is -2.76. The molecular weight excluding hydrogens is 261 g/mol. The summed E-state index contributed by atoms with van der Waals surface area (Å²) in [5, 5.41) is 16.8. The lowest BCUT2D eigenvalue weighted by Crippen LogP contribution is -1.99. The molecule has 3 aromatic rings. The number of aromatic nitrogens is 3. The molecule has 3 rings (SSSR count). The van der Waals surface area contributed by atoms with E-state index < -0.39 is 5.97 Å². The van der Waals surface area contributed by atoms with Gasteiger partial charge < -0.3 is 5.11 Å². The Balaban J connectivity index is 2.17. The fourth-order valence-corrected chi connectivity index (χ4v) is 1.96. The van der Waals surface area contributed by atoms with Gasteiger partial charge in [0, 0.05) is 0 Å². The van der Waals surface area contributed by atoms with Gasteiger partial charge in [-0.3, -0.25) is 0 Å². The van der Waals surface area contributed by atoms with Crippen molar-refractivity contribution in [3.8, 4) is 5.69 Å². The first-order chi connectivity index (χ1) is 9.56. The monoisotopic (exact) mass is 271 g/mol. The number of fused-ring (bicyclic) bond motifs is 1. The number of hydrogen-bond donors (Lipinski definition) is 1. The molecule has 1 heterocycles. The minimum atomic E-state index is -1.03. The molecule has 5 nitrogen and oxygen atoms in total. The van der Waals surface area contributed by atoms with Gasteiger partial charge in [-0.25, -0.2) is 13.9 Å². The molecule has 0 radical (unpaired) electrons. The molecule has 0 bridgehead atoms. The van der Waals surface area contributed by atoms with E-state index in [1.165, 1.54) is 22.9 Å². The smallest absolute Gasteiger partial charge is 0.335 e. The highest BCUT2D eigenvalue weighted by Gasteiger charge is 2.11. The van der Waals surface area contributed by atoms with E-state index in [9.17, 15) is 9.18 Å². The second kappa shape index (κ2) is 4.41. The molecule has 1 aromatic heterocycles. The topological polar surface area (TPSA) is 68.0 Å². The summed E-state index contributed by atoms with van der Waals surface area (Å²) in [5.74, 6) is -1.35.